The molecule has 1 atom stereocenters. The molecule has 1 rings (SSSR count). The first-order valence-electron chi connectivity index (χ1n) is 5.71. The highest BCUT2D eigenvalue weighted by Gasteiger charge is 2.21. The number of rotatable bonds is 4. The Labute approximate surface area is 104 Å². The van der Waals surface area contributed by atoms with E-state index in [4.69, 9.17) is 10.6 Å². The first-order chi connectivity index (χ1) is 7.93. The van der Waals surface area contributed by atoms with Gasteiger partial charge in [-0.1, -0.05) is 6.07 Å². The van der Waals surface area contributed by atoms with Crippen molar-refractivity contribution in [2.24, 2.45) is 5.84 Å². The average molecular weight is 237 g/mol. The van der Waals surface area contributed by atoms with Crippen molar-refractivity contribution in [2.75, 3.05) is 21.2 Å². The molecule has 0 saturated carbocycles. The van der Waals surface area contributed by atoms with Crippen molar-refractivity contribution < 1.29 is 4.74 Å². The summed E-state index contributed by atoms with van der Waals surface area (Å²) < 4.78 is 5.55. The lowest BCUT2D eigenvalue weighted by Gasteiger charge is -2.28. The molecule has 0 aliphatic carbocycles. The fraction of sp³-hybridized carbons (Fsp3) is 0.538. The number of ether oxygens (including phenoxy) is 1. The van der Waals surface area contributed by atoms with Gasteiger partial charge in [0.05, 0.1) is 7.11 Å². The number of hydrazine groups is 1. The zero-order chi connectivity index (χ0) is 13.2. The van der Waals surface area contributed by atoms with E-state index < -0.39 is 0 Å². The van der Waals surface area contributed by atoms with E-state index in [1.165, 1.54) is 11.1 Å². The summed E-state index contributed by atoms with van der Waals surface area (Å²) in [6, 6.07) is 2.17. The lowest BCUT2D eigenvalue weighted by Crippen LogP contribution is -2.38. The topological polar surface area (TPSA) is 50.5 Å². The van der Waals surface area contributed by atoms with Crippen LogP contribution in [0.4, 0.5) is 0 Å². The van der Waals surface area contributed by atoms with Gasteiger partial charge in [-0.25, -0.2) is 5.43 Å². The van der Waals surface area contributed by atoms with E-state index in [1.54, 1.807) is 7.11 Å². The first kappa shape index (κ1) is 14.0. The van der Waals surface area contributed by atoms with Crippen LogP contribution in [0.25, 0.3) is 0 Å². The highest BCUT2D eigenvalue weighted by atomic mass is 16.5. The predicted octanol–water partition coefficient (Wildman–Crippen LogP) is 1.64. The minimum Gasteiger partial charge on any atom is -0.496 e. The largest absolute Gasteiger partial charge is 0.496 e. The number of benzene rings is 1. The molecule has 1 aromatic carbocycles. The maximum Gasteiger partial charge on any atom is 0.128 e. The Balaban J connectivity index is 3.45. The Morgan fingerprint density at radius 1 is 1.24 bits per heavy atom. The molecule has 1 unspecified atom stereocenters. The number of methoxy groups -OCH3 is 1. The Bertz CT molecular complexity index is 402. The molecule has 0 spiro atoms. The van der Waals surface area contributed by atoms with Crippen LogP contribution in [0.5, 0.6) is 5.75 Å². The van der Waals surface area contributed by atoms with Crippen LogP contribution in [0.2, 0.25) is 0 Å². The number of hydrogen-bond acceptors (Lipinski definition) is 4. The third-order valence-corrected chi connectivity index (χ3v) is 3.19. The third-order valence-electron chi connectivity index (χ3n) is 3.19. The standard InChI is InChI=1S/C13H23N3O/c1-8-7-9(2)11(12(17-6)10(8)3)13(15-14)16(4)5/h7,13,15H,14H2,1-6H3. The fourth-order valence-electron chi connectivity index (χ4n) is 2.16. The summed E-state index contributed by atoms with van der Waals surface area (Å²) in [7, 11) is 5.67. The maximum atomic E-state index is 5.64. The number of aryl methyl sites for hydroxylation is 2. The molecule has 0 fully saturated rings. The van der Waals surface area contributed by atoms with Gasteiger partial charge in [-0.2, -0.15) is 0 Å². The smallest absolute Gasteiger partial charge is 0.128 e. The van der Waals surface area contributed by atoms with Crippen molar-refractivity contribution in [1.29, 1.82) is 0 Å². The van der Waals surface area contributed by atoms with E-state index in [9.17, 15) is 0 Å². The minimum atomic E-state index is -0.0516. The van der Waals surface area contributed by atoms with Crippen LogP contribution in [0.3, 0.4) is 0 Å². The fourth-order valence-corrected chi connectivity index (χ4v) is 2.16. The molecule has 17 heavy (non-hydrogen) atoms. The van der Waals surface area contributed by atoms with Gasteiger partial charge in [0.15, 0.2) is 0 Å². The zero-order valence-corrected chi connectivity index (χ0v) is 11.6. The van der Waals surface area contributed by atoms with Gasteiger partial charge >= 0.3 is 0 Å². The molecule has 4 heteroatoms. The number of nitrogens with two attached hydrogens (primary N) is 1. The second-order valence-corrected chi connectivity index (χ2v) is 4.62. The molecular weight excluding hydrogens is 214 g/mol. The van der Waals surface area contributed by atoms with Crippen LogP contribution in [0.15, 0.2) is 6.07 Å². The van der Waals surface area contributed by atoms with Crippen molar-refractivity contribution in [2.45, 2.75) is 26.9 Å². The molecular formula is C13H23N3O. The Morgan fingerprint density at radius 2 is 1.82 bits per heavy atom. The van der Waals surface area contributed by atoms with Crippen molar-refractivity contribution in [3.8, 4) is 5.75 Å². The van der Waals surface area contributed by atoms with E-state index >= 15 is 0 Å². The monoisotopic (exact) mass is 237 g/mol. The van der Waals surface area contributed by atoms with Crippen molar-refractivity contribution in [3.63, 3.8) is 0 Å². The van der Waals surface area contributed by atoms with Gasteiger partial charge in [-0.15, -0.1) is 0 Å². The second-order valence-electron chi connectivity index (χ2n) is 4.62. The second kappa shape index (κ2) is 5.49. The van der Waals surface area contributed by atoms with Gasteiger partial charge in [0.25, 0.3) is 0 Å². The van der Waals surface area contributed by atoms with E-state index in [0.717, 1.165) is 16.9 Å². The summed E-state index contributed by atoms with van der Waals surface area (Å²) in [6.07, 6.45) is -0.0516. The average Bonchev–Trinajstić information content (AvgIpc) is 2.26. The molecule has 0 amide bonds. The van der Waals surface area contributed by atoms with Crippen LogP contribution in [-0.4, -0.2) is 26.1 Å². The van der Waals surface area contributed by atoms with Crippen LogP contribution in [-0.2, 0) is 0 Å². The van der Waals surface area contributed by atoms with Gasteiger partial charge in [0, 0.05) is 5.56 Å². The zero-order valence-electron chi connectivity index (χ0n) is 11.6. The number of hydrogen-bond donors (Lipinski definition) is 2. The summed E-state index contributed by atoms with van der Waals surface area (Å²) >= 11 is 0. The summed E-state index contributed by atoms with van der Waals surface area (Å²) in [5.41, 5.74) is 7.50. The Hall–Kier alpha value is -1.10. The van der Waals surface area contributed by atoms with Crippen molar-refractivity contribution in [3.05, 3.63) is 28.3 Å². The van der Waals surface area contributed by atoms with Crippen molar-refractivity contribution in [1.82, 2.24) is 10.3 Å². The summed E-state index contributed by atoms with van der Waals surface area (Å²) in [6.45, 7) is 6.24. The molecule has 0 radical (unpaired) electrons. The quantitative estimate of drug-likeness (QED) is 0.475. The van der Waals surface area contributed by atoms with E-state index in [0.29, 0.717) is 0 Å². The normalized spacial score (nSPS) is 12.9. The van der Waals surface area contributed by atoms with Crippen LogP contribution in [0, 0.1) is 20.8 Å². The van der Waals surface area contributed by atoms with Gasteiger partial charge in [-0.3, -0.25) is 10.7 Å². The van der Waals surface area contributed by atoms with Gasteiger partial charge in [0.2, 0.25) is 0 Å². The van der Waals surface area contributed by atoms with E-state index in [2.05, 4.69) is 32.3 Å². The van der Waals surface area contributed by atoms with Crippen LogP contribution in [0.1, 0.15) is 28.4 Å². The summed E-state index contributed by atoms with van der Waals surface area (Å²) in [4.78, 5) is 2.03. The van der Waals surface area contributed by atoms with Gasteiger partial charge in [0.1, 0.15) is 11.9 Å². The molecule has 0 aliphatic rings. The molecule has 96 valence electrons. The Kier molecular flexibility index (Phi) is 4.51. The molecule has 0 heterocycles. The van der Waals surface area contributed by atoms with Gasteiger partial charge < -0.3 is 4.74 Å². The SMILES string of the molecule is COc1c(C)c(C)cc(C)c1C(NN)N(C)C. The maximum absolute atomic E-state index is 5.64. The van der Waals surface area contributed by atoms with E-state index in [-0.39, 0.29) is 6.17 Å². The summed E-state index contributed by atoms with van der Waals surface area (Å²) in [5, 5.41) is 0. The highest BCUT2D eigenvalue weighted by molar-refractivity contribution is 5.51. The van der Waals surface area contributed by atoms with Crippen molar-refractivity contribution >= 4 is 0 Å². The van der Waals surface area contributed by atoms with Crippen LogP contribution >= 0.6 is 0 Å². The Morgan fingerprint density at radius 3 is 2.24 bits per heavy atom. The molecule has 3 N–H and O–H groups in total. The highest BCUT2D eigenvalue weighted by Crippen LogP contribution is 2.34. The van der Waals surface area contributed by atoms with E-state index in [1.807, 2.05) is 19.0 Å². The molecule has 0 saturated heterocycles. The minimum absolute atomic E-state index is 0.0516. The molecule has 0 aromatic heterocycles. The molecule has 4 nitrogen and oxygen atoms in total. The number of nitrogens with one attached hydrogen (secondary N) is 1. The predicted molar refractivity (Wildman–Crippen MR) is 71.0 cm³/mol. The number of nitrogens with zero attached hydrogens (tertiary/aromatic N) is 1. The molecule has 0 bridgehead atoms. The lowest BCUT2D eigenvalue weighted by molar-refractivity contribution is 0.244. The first-order valence-corrected chi connectivity index (χ1v) is 5.71. The van der Waals surface area contributed by atoms with Gasteiger partial charge in [-0.05, 0) is 51.6 Å². The molecule has 1 aromatic rings. The third kappa shape index (κ3) is 2.60. The lowest BCUT2D eigenvalue weighted by atomic mass is 9.97. The summed E-state index contributed by atoms with van der Waals surface area (Å²) in [5.74, 6) is 6.55. The molecule has 0 aliphatic heterocycles. The van der Waals surface area contributed by atoms with Crippen LogP contribution < -0.4 is 16.0 Å².